The minimum absolute atomic E-state index is 0.106. The van der Waals surface area contributed by atoms with Gasteiger partial charge in [-0.1, -0.05) is 80.1 Å². The second-order valence-corrected chi connectivity index (χ2v) is 9.66. The molecule has 3 aromatic rings. The van der Waals surface area contributed by atoms with Gasteiger partial charge in [0.1, 0.15) is 0 Å². The molecule has 0 spiro atoms. The molecule has 0 aliphatic rings. The van der Waals surface area contributed by atoms with Crippen LogP contribution in [0.25, 0.3) is 11.1 Å². The van der Waals surface area contributed by atoms with Crippen LogP contribution in [0.3, 0.4) is 0 Å². The molecule has 0 amide bonds. The zero-order valence-corrected chi connectivity index (χ0v) is 18.9. The van der Waals surface area contributed by atoms with Crippen LogP contribution in [0.4, 0.5) is 0 Å². The van der Waals surface area contributed by atoms with Gasteiger partial charge in [-0.05, 0) is 53.6 Å². The number of carbonyl (C=O) groups excluding carboxylic acids is 2. The third kappa shape index (κ3) is 7.57. The van der Waals surface area contributed by atoms with Crippen LogP contribution in [0.1, 0.15) is 43.4 Å². The van der Waals surface area contributed by atoms with Crippen molar-refractivity contribution in [2.24, 2.45) is 0 Å². The van der Waals surface area contributed by atoms with Crippen molar-refractivity contribution < 1.29 is 23.1 Å². The molecular weight excluding hydrogens is 424 g/mol. The summed E-state index contributed by atoms with van der Waals surface area (Å²) in [5.74, 6) is 0.106. The van der Waals surface area contributed by atoms with E-state index in [0.29, 0.717) is 4.90 Å². The molecule has 0 heterocycles. The molecule has 1 N–H and O–H groups in total. The summed E-state index contributed by atoms with van der Waals surface area (Å²) in [4.78, 5) is 16.6. The molecule has 0 aliphatic carbocycles. The molecule has 6 heteroatoms. The molecule has 0 aromatic heterocycles. The molecule has 0 aliphatic heterocycles. The van der Waals surface area contributed by atoms with Gasteiger partial charge in [-0.15, -0.1) is 0 Å². The van der Waals surface area contributed by atoms with Crippen LogP contribution in [0.15, 0.2) is 83.8 Å². The maximum Gasteiger partial charge on any atom is 0.373 e. The summed E-state index contributed by atoms with van der Waals surface area (Å²) in [6.07, 6.45) is 3.57. The van der Waals surface area contributed by atoms with Gasteiger partial charge >= 0.3 is 6.15 Å². The molecular formula is C26H28O5S. The van der Waals surface area contributed by atoms with E-state index >= 15 is 0 Å². The molecule has 0 radical (unpaired) electrons. The predicted molar refractivity (Wildman–Crippen MR) is 124 cm³/mol. The Hall–Kier alpha value is -3.05. The van der Waals surface area contributed by atoms with Gasteiger partial charge in [0.2, 0.25) is 0 Å². The van der Waals surface area contributed by atoms with Gasteiger partial charge < -0.3 is 5.11 Å². The number of sulfone groups is 1. The molecule has 1 atom stereocenters. The second kappa shape index (κ2) is 12.7. The second-order valence-electron chi connectivity index (χ2n) is 7.38. The van der Waals surface area contributed by atoms with Gasteiger partial charge in [0.25, 0.3) is 0 Å². The number of aliphatic hydroxyl groups is 1. The van der Waals surface area contributed by atoms with Crippen LogP contribution in [-0.4, -0.2) is 25.4 Å². The largest absolute Gasteiger partial charge is 0.388 e. The molecule has 168 valence electrons. The molecule has 3 rings (SSSR count). The summed E-state index contributed by atoms with van der Waals surface area (Å²) in [5.41, 5.74) is 4.16. The summed E-state index contributed by atoms with van der Waals surface area (Å²) >= 11 is 0. The van der Waals surface area contributed by atoms with Crippen molar-refractivity contribution in [3.05, 3.63) is 90.0 Å². The number of rotatable bonds is 9. The highest BCUT2D eigenvalue weighted by Crippen LogP contribution is 2.24. The van der Waals surface area contributed by atoms with Crippen molar-refractivity contribution >= 4 is 16.0 Å². The third-order valence-corrected chi connectivity index (χ3v) is 6.97. The van der Waals surface area contributed by atoms with Gasteiger partial charge in [-0.3, -0.25) is 0 Å². The highest BCUT2D eigenvalue weighted by atomic mass is 32.2. The Morgan fingerprint density at radius 1 is 0.844 bits per heavy atom. The lowest BCUT2D eigenvalue weighted by atomic mass is 9.99. The Balaban J connectivity index is 0.00000114. The van der Waals surface area contributed by atoms with Crippen molar-refractivity contribution in [3.8, 4) is 11.1 Å². The van der Waals surface area contributed by atoms with Gasteiger partial charge in [-0.25, -0.2) is 8.42 Å². The lowest BCUT2D eigenvalue weighted by Crippen LogP contribution is -2.03. The molecule has 3 aromatic carbocycles. The predicted octanol–water partition coefficient (Wildman–Crippen LogP) is 5.01. The van der Waals surface area contributed by atoms with Crippen LogP contribution >= 0.6 is 0 Å². The van der Waals surface area contributed by atoms with E-state index in [9.17, 15) is 13.5 Å². The summed E-state index contributed by atoms with van der Waals surface area (Å²) in [5, 5.41) is 10.2. The highest BCUT2D eigenvalue weighted by molar-refractivity contribution is 7.91. The molecule has 1 unspecified atom stereocenters. The van der Waals surface area contributed by atoms with Crippen molar-refractivity contribution in [1.82, 2.24) is 0 Å². The summed E-state index contributed by atoms with van der Waals surface area (Å²) in [6, 6.07) is 25.2. The van der Waals surface area contributed by atoms with Crippen LogP contribution in [0.2, 0.25) is 0 Å². The molecule has 0 saturated carbocycles. The van der Waals surface area contributed by atoms with E-state index in [0.717, 1.165) is 42.4 Å². The first-order chi connectivity index (χ1) is 15.4. The van der Waals surface area contributed by atoms with E-state index < -0.39 is 15.9 Å². The zero-order valence-electron chi connectivity index (χ0n) is 18.1. The molecule has 0 fully saturated rings. The van der Waals surface area contributed by atoms with Crippen LogP contribution < -0.4 is 0 Å². The van der Waals surface area contributed by atoms with Crippen LogP contribution in [0, 0.1) is 0 Å². The molecule has 0 bridgehead atoms. The number of hydrogen-bond donors (Lipinski definition) is 1. The van der Waals surface area contributed by atoms with Crippen molar-refractivity contribution in [1.29, 1.82) is 0 Å². The van der Waals surface area contributed by atoms with Crippen LogP contribution in [0.5, 0.6) is 0 Å². The van der Waals surface area contributed by atoms with E-state index in [1.165, 1.54) is 5.56 Å². The number of hydrogen-bond acceptors (Lipinski definition) is 5. The third-order valence-electron chi connectivity index (χ3n) is 5.24. The van der Waals surface area contributed by atoms with E-state index in [1.807, 2.05) is 48.5 Å². The summed E-state index contributed by atoms with van der Waals surface area (Å²) in [6.45, 7) is 1.66. The van der Waals surface area contributed by atoms with Crippen molar-refractivity contribution in [2.45, 2.75) is 43.6 Å². The first kappa shape index (κ1) is 25.2. The summed E-state index contributed by atoms with van der Waals surface area (Å²) < 4.78 is 24.2. The fourth-order valence-corrected chi connectivity index (χ4v) is 4.33. The molecule has 5 nitrogen and oxygen atoms in total. The average Bonchev–Trinajstić information content (AvgIpc) is 2.83. The highest BCUT2D eigenvalue weighted by Gasteiger charge is 2.12. The minimum atomic E-state index is -3.20. The zero-order chi connectivity index (χ0) is 23.4. The van der Waals surface area contributed by atoms with Gasteiger partial charge in [0.15, 0.2) is 9.84 Å². The summed E-state index contributed by atoms with van der Waals surface area (Å²) in [7, 11) is -3.20. The number of unbranched alkanes of at least 4 members (excludes halogenated alkanes) is 1. The normalized spacial score (nSPS) is 11.7. The first-order valence-corrected chi connectivity index (χ1v) is 12.2. The Labute approximate surface area is 189 Å². The number of benzene rings is 3. The Morgan fingerprint density at radius 3 is 2.12 bits per heavy atom. The van der Waals surface area contributed by atoms with E-state index in [1.54, 1.807) is 25.1 Å². The Kier molecular flexibility index (Phi) is 10.0. The fourth-order valence-electron chi connectivity index (χ4n) is 3.41. The molecule has 0 saturated heterocycles. The first-order valence-electron chi connectivity index (χ1n) is 10.6. The topological polar surface area (TPSA) is 88.5 Å². The lowest BCUT2D eigenvalue weighted by Gasteiger charge is -2.11. The van der Waals surface area contributed by atoms with E-state index in [-0.39, 0.29) is 11.9 Å². The van der Waals surface area contributed by atoms with Crippen molar-refractivity contribution in [2.75, 3.05) is 5.75 Å². The van der Waals surface area contributed by atoms with Gasteiger partial charge in [-0.2, -0.15) is 9.59 Å². The van der Waals surface area contributed by atoms with Crippen LogP contribution in [-0.2, 0) is 25.8 Å². The van der Waals surface area contributed by atoms with Gasteiger partial charge in [0.05, 0.1) is 16.8 Å². The maximum absolute atomic E-state index is 12.1. The number of aryl methyl sites for hydroxylation is 1. The lowest BCUT2D eigenvalue weighted by molar-refractivity contribution is -0.191. The van der Waals surface area contributed by atoms with E-state index in [4.69, 9.17) is 9.59 Å². The van der Waals surface area contributed by atoms with Crippen molar-refractivity contribution in [3.63, 3.8) is 0 Å². The maximum atomic E-state index is 12.1. The van der Waals surface area contributed by atoms with Gasteiger partial charge in [0, 0.05) is 0 Å². The SMILES string of the molecule is CCS(=O)(=O)c1cccc(-c2ccc(CCCCC(O)c3ccccc3)cc2)c1.O=C=O. The monoisotopic (exact) mass is 452 g/mol. The fraction of sp³-hybridized carbons (Fsp3) is 0.269. The number of aliphatic hydroxyl groups excluding tert-OH is 1. The standard InChI is InChI=1S/C25H28O3S.CO2/c1-2-29(27,28)24-13-8-12-23(19-24)21-17-15-20(16-18-21)9-6-7-14-25(26)22-10-4-3-5-11-22;2-1-3/h3-5,8,10-13,15-19,25-26H,2,6-7,9,14H2,1H3;. The smallest absolute Gasteiger partial charge is 0.373 e. The molecule has 32 heavy (non-hydrogen) atoms. The Morgan fingerprint density at radius 2 is 1.50 bits per heavy atom. The minimum Gasteiger partial charge on any atom is -0.388 e. The van der Waals surface area contributed by atoms with E-state index in [2.05, 4.69) is 12.1 Å². The Bertz CT molecular complexity index is 1100. The quantitative estimate of drug-likeness (QED) is 0.461. The average molecular weight is 453 g/mol.